The highest BCUT2D eigenvalue weighted by Gasteiger charge is 2.24. The molecule has 1 rings (SSSR count). The van der Waals surface area contributed by atoms with Crippen molar-refractivity contribution in [3.8, 4) is 0 Å². The normalized spacial score (nSPS) is 33.0. The van der Waals surface area contributed by atoms with E-state index in [0.29, 0.717) is 5.25 Å². The molecule has 1 aliphatic carbocycles. The predicted octanol–water partition coefficient (Wildman–Crippen LogP) is 0.592. The summed E-state index contributed by atoms with van der Waals surface area (Å²) in [6, 6.07) is 0. The van der Waals surface area contributed by atoms with Gasteiger partial charge < -0.3 is 10.8 Å². The van der Waals surface area contributed by atoms with Gasteiger partial charge in [0.25, 0.3) is 0 Å². The molecule has 0 amide bonds. The minimum atomic E-state index is -0.0588. The topological polar surface area (TPSA) is 46.2 Å². The van der Waals surface area contributed by atoms with Gasteiger partial charge in [0.1, 0.15) is 0 Å². The molecule has 3 heteroatoms. The maximum absolute atomic E-state index is 9.35. The predicted molar refractivity (Wildman–Crippen MR) is 45.2 cm³/mol. The summed E-state index contributed by atoms with van der Waals surface area (Å²) in [4.78, 5) is 0. The summed E-state index contributed by atoms with van der Waals surface area (Å²) in [6.07, 6.45) is 3.29. The summed E-state index contributed by atoms with van der Waals surface area (Å²) < 4.78 is 0. The third-order valence-corrected chi connectivity index (χ3v) is 3.32. The fraction of sp³-hybridized carbons (Fsp3) is 1.00. The van der Waals surface area contributed by atoms with E-state index in [9.17, 15) is 5.11 Å². The molecule has 0 heterocycles. The van der Waals surface area contributed by atoms with Crippen LogP contribution in [0.25, 0.3) is 0 Å². The second kappa shape index (κ2) is 4.21. The average Bonchev–Trinajstić information content (AvgIpc) is 2.31. The summed E-state index contributed by atoms with van der Waals surface area (Å²) in [5.74, 6) is 0.988. The van der Waals surface area contributed by atoms with E-state index in [0.717, 1.165) is 18.7 Å². The summed E-state index contributed by atoms with van der Waals surface area (Å²) in [5, 5.41) is 9.83. The first kappa shape index (κ1) is 8.37. The largest absolute Gasteiger partial charge is 0.392 e. The van der Waals surface area contributed by atoms with Crippen LogP contribution in [0.15, 0.2) is 0 Å². The lowest BCUT2D eigenvalue weighted by Gasteiger charge is -2.12. The molecule has 60 valence electrons. The lowest BCUT2D eigenvalue weighted by Crippen LogP contribution is -2.17. The molecular weight excluding hydrogens is 146 g/mol. The molecule has 0 bridgehead atoms. The number of aliphatic hydroxyl groups excluding tert-OH is 1. The third-order valence-electron chi connectivity index (χ3n) is 1.87. The Morgan fingerprint density at radius 2 is 2.30 bits per heavy atom. The van der Waals surface area contributed by atoms with Gasteiger partial charge >= 0.3 is 0 Å². The first-order valence-corrected chi connectivity index (χ1v) is 4.89. The van der Waals surface area contributed by atoms with Gasteiger partial charge in [0.05, 0.1) is 6.10 Å². The van der Waals surface area contributed by atoms with E-state index in [-0.39, 0.29) is 6.10 Å². The molecule has 0 aliphatic heterocycles. The number of hydrogen-bond acceptors (Lipinski definition) is 3. The minimum Gasteiger partial charge on any atom is -0.392 e. The SMILES string of the molecule is NCCSC1CCCC1O. The van der Waals surface area contributed by atoms with Gasteiger partial charge in [-0.1, -0.05) is 0 Å². The Morgan fingerprint density at radius 3 is 2.80 bits per heavy atom. The Labute approximate surface area is 66.2 Å². The maximum Gasteiger partial charge on any atom is 0.0658 e. The molecule has 10 heavy (non-hydrogen) atoms. The van der Waals surface area contributed by atoms with Crippen molar-refractivity contribution in [2.75, 3.05) is 12.3 Å². The van der Waals surface area contributed by atoms with Gasteiger partial charge in [0.2, 0.25) is 0 Å². The zero-order valence-corrected chi connectivity index (χ0v) is 6.94. The van der Waals surface area contributed by atoms with Gasteiger partial charge in [-0.05, 0) is 19.3 Å². The van der Waals surface area contributed by atoms with Crippen LogP contribution in [0.5, 0.6) is 0 Å². The quantitative estimate of drug-likeness (QED) is 0.637. The van der Waals surface area contributed by atoms with Gasteiger partial charge in [-0.2, -0.15) is 11.8 Å². The molecule has 1 aliphatic rings. The molecule has 0 saturated heterocycles. The molecule has 3 N–H and O–H groups in total. The number of nitrogens with two attached hydrogens (primary N) is 1. The zero-order valence-electron chi connectivity index (χ0n) is 6.12. The average molecular weight is 161 g/mol. The van der Waals surface area contributed by atoms with E-state index in [1.165, 1.54) is 12.8 Å². The van der Waals surface area contributed by atoms with Crippen molar-refractivity contribution < 1.29 is 5.11 Å². The van der Waals surface area contributed by atoms with Crippen LogP contribution in [-0.2, 0) is 0 Å². The van der Waals surface area contributed by atoms with Gasteiger partial charge in [-0.15, -0.1) is 0 Å². The molecule has 0 aromatic carbocycles. The van der Waals surface area contributed by atoms with Crippen LogP contribution in [0.4, 0.5) is 0 Å². The molecule has 1 saturated carbocycles. The van der Waals surface area contributed by atoms with Crippen molar-refractivity contribution in [2.45, 2.75) is 30.6 Å². The van der Waals surface area contributed by atoms with Crippen molar-refractivity contribution in [3.63, 3.8) is 0 Å². The Morgan fingerprint density at radius 1 is 1.50 bits per heavy atom. The Bertz CT molecular complexity index is 99.6. The van der Waals surface area contributed by atoms with E-state index in [1.807, 2.05) is 11.8 Å². The highest BCUT2D eigenvalue weighted by atomic mass is 32.2. The van der Waals surface area contributed by atoms with Crippen LogP contribution < -0.4 is 5.73 Å². The number of hydrogen-bond donors (Lipinski definition) is 2. The van der Waals surface area contributed by atoms with Crippen molar-refractivity contribution in [1.29, 1.82) is 0 Å². The summed E-state index contributed by atoms with van der Waals surface area (Å²) in [7, 11) is 0. The smallest absolute Gasteiger partial charge is 0.0658 e. The van der Waals surface area contributed by atoms with Crippen molar-refractivity contribution in [3.05, 3.63) is 0 Å². The first-order valence-electron chi connectivity index (χ1n) is 3.84. The molecule has 0 spiro atoms. The summed E-state index contributed by atoms with van der Waals surface area (Å²) in [6.45, 7) is 0.730. The monoisotopic (exact) mass is 161 g/mol. The van der Waals surface area contributed by atoms with Crippen molar-refractivity contribution in [1.82, 2.24) is 0 Å². The van der Waals surface area contributed by atoms with Crippen LogP contribution >= 0.6 is 11.8 Å². The Kier molecular flexibility index (Phi) is 3.52. The molecule has 2 nitrogen and oxygen atoms in total. The fourth-order valence-corrected chi connectivity index (χ4v) is 2.45. The standard InChI is InChI=1S/C7H15NOS/c8-4-5-10-7-3-1-2-6(7)9/h6-7,9H,1-5,8H2. The highest BCUT2D eigenvalue weighted by molar-refractivity contribution is 8.00. The summed E-state index contributed by atoms with van der Waals surface area (Å²) in [5.41, 5.74) is 5.35. The van der Waals surface area contributed by atoms with Gasteiger partial charge in [-0.3, -0.25) is 0 Å². The Hall–Kier alpha value is 0.270. The fourth-order valence-electron chi connectivity index (χ4n) is 1.32. The van der Waals surface area contributed by atoms with E-state index in [2.05, 4.69) is 0 Å². The van der Waals surface area contributed by atoms with Gasteiger partial charge in [0, 0.05) is 17.5 Å². The molecule has 0 aromatic heterocycles. The third kappa shape index (κ3) is 2.15. The second-order valence-electron chi connectivity index (χ2n) is 2.70. The van der Waals surface area contributed by atoms with Gasteiger partial charge in [-0.25, -0.2) is 0 Å². The van der Waals surface area contributed by atoms with E-state index < -0.39 is 0 Å². The van der Waals surface area contributed by atoms with E-state index in [1.54, 1.807) is 0 Å². The highest BCUT2D eigenvalue weighted by Crippen LogP contribution is 2.29. The lowest BCUT2D eigenvalue weighted by molar-refractivity contribution is 0.188. The lowest BCUT2D eigenvalue weighted by atomic mass is 10.3. The van der Waals surface area contributed by atoms with Crippen molar-refractivity contribution >= 4 is 11.8 Å². The Balaban J connectivity index is 2.14. The molecule has 1 fully saturated rings. The van der Waals surface area contributed by atoms with E-state index >= 15 is 0 Å². The van der Waals surface area contributed by atoms with Crippen molar-refractivity contribution in [2.24, 2.45) is 5.73 Å². The van der Waals surface area contributed by atoms with E-state index in [4.69, 9.17) is 5.73 Å². The molecule has 2 atom stereocenters. The van der Waals surface area contributed by atoms with Crippen LogP contribution in [0, 0.1) is 0 Å². The van der Waals surface area contributed by atoms with Crippen LogP contribution in [-0.4, -0.2) is 28.8 Å². The molecule has 2 unspecified atom stereocenters. The molecule has 0 aromatic rings. The first-order chi connectivity index (χ1) is 4.84. The van der Waals surface area contributed by atoms with Crippen LogP contribution in [0.2, 0.25) is 0 Å². The number of thioether (sulfide) groups is 1. The number of aliphatic hydroxyl groups is 1. The second-order valence-corrected chi connectivity index (χ2v) is 4.04. The molecule has 0 radical (unpaired) electrons. The molecular formula is C7H15NOS. The van der Waals surface area contributed by atoms with Crippen LogP contribution in [0.3, 0.4) is 0 Å². The van der Waals surface area contributed by atoms with Gasteiger partial charge in [0.15, 0.2) is 0 Å². The summed E-state index contributed by atoms with van der Waals surface area (Å²) >= 11 is 1.82. The number of rotatable bonds is 3. The van der Waals surface area contributed by atoms with Crippen LogP contribution in [0.1, 0.15) is 19.3 Å². The maximum atomic E-state index is 9.35. The minimum absolute atomic E-state index is 0.0588. The zero-order chi connectivity index (χ0) is 7.40.